The number of rotatable bonds is 5. The number of nitrogens with zero attached hydrogens (tertiary/aromatic N) is 2. The molecule has 4 heteroatoms. The van der Waals surface area contributed by atoms with Gasteiger partial charge in [-0.1, -0.05) is 0 Å². The third-order valence-electron chi connectivity index (χ3n) is 3.65. The zero-order valence-corrected chi connectivity index (χ0v) is 10.4. The third-order valence-corrected chi connectivity index (χ3v) is 3.65. The molecule has 0 aromatic carbocycles. The van der Waals surface area contributed by atoms with Crippen LogP contribution >= 0.6 is 0 Å². The highest BCUT2D eigenvalue weighted by Gasteiger charge is 2.27. The second-order valence-corrected chi connectivity index (χ2v) is 5.32. The molecule has 1 amide bonds. The normalized spacial score (nSPS) is 25.4. The lowest BCUT2D eigenvalue weighted by Crippen LogP contribution is -2.39. The van der Waals surface area contributed by atoms with E-state index in [1.807, 2.05) is 4.90 Å². The van der Waals surface area contributed by atoms with Crippen molar-refractivity contribution < 1.29 is 4.79 Å². The van der Waals surface area contributed by atoms with Gasteiger partial charge in [0, 0.05) is 19.1 Å². The highest BCUT2D eigenvalue weighted by atomic mass is 16.2. The molecule has 1 atom stereocenters. The molecule has 1 heterocycles. The van der Waals surface area contributed by atoms with E-state index in [0.29, 0.717) is 12.6 Å². The van der Waals surface area contributed by atoms with Gasteiger partial charge in [0.05, 0.1) is 6.54 Å². The highest BCUT2D eigenvalue weighted by Crippen LogP contribution is 2.27. The average Bonchev–Trinajstić information content (AvgIpc) is 2.93. The summed E-state index contributed by atoms with van der Waals surface area (Å²) in [5.41, 5.74) is 0. The second-order valence-electron chi connectivity index (χ2n) is 5.32. The summed E-state index contributed by atoms with van der Waals surface area (Å²) in [7, 11) is 4.17. The van der Waals surface area contributed by atoms with Crippen LogP contribution in [-0.2, 0) is 4.79 Å². The van der Waals surface area contributed by atoms with Crippen LogP contribution < -0.4 is 5.32 Å². The van der Waals surface area contributed by atoms with E-state index in [1.165, 1.54) is 12.8 Å². The first kappa shape index (κ1) is 11.9. The Morgan fingerprint density at radius 2 is 2.12 bits per heavy atom. The van der Waals surface area contributed by atoms with Crippen LogP contribution in [0, 0.1) is 5.92 Å². The van der Waals surface area contributed by atoms with Crippen LogP contribution in [0.3, 0.4) is 0 Å². The van der Waals surface area contributed by atoms with Crippen LogP contribution in [-0.4, -0.2) is 62.0 Å². The van der Waals surface area contributed by atoms with Gasteiger partial charge in [-0.25, -0.2) is 0 Å². The Morgan fingerprint density at radius 3 is 2.69 bits per heavy atom. The van der Waals surface area contributed by atoms with Crippen molar-refractivity contribution >= 4 is 5.91 Å². The maximum Gasteiger partial charge on any atom is 0.236 e. The highest BCUT2D eigenvalue weighted by molar-refractivity contribution is 5.78. The quantitative estimate of drug-likeness (QED) is 0.723. The zero-order chi connectivity index (χ0) is 11.5. The molecule has 2 fully saturated rings. The molecule has 2 rings (SSSR count). The van der Waals surface area contributed by atoms with Crippen molar-refractivity contribution in [3.63, 3.8) is 0 Å². The van der Waals surface area contributed by atoms with E-state index in [2.05, 4.69) is 24.3 Å². The molecule has 1 N–H and O–H groups in total. The molecule has 0 spiro atoms. The number of hydrogen-bond acceptors (Lipinski definition) is 3. The van der Waals surface area contributed by atoms with E-state index in [4.69, 9.17) is 0 Å². The molecule has 1 aliphatic heterocycles. The predicted octanol–water partition coefficient (Wildman–Crippen LogP) is 0.149. The summed E-state index contributed by atoms with van der Waals surface area (Å²) in [4.78, 5) is 16.1. The molecule has 16 heavy (non-hydrogen) atoms. The Balaban J connectivity index is 1.65. The van der Waals surface area contributed by atoms with E-state index >= 15 is 0 Å². The fourth-order valence-electron chi connectivity index (χ4n) is 2.21. The molecule has 1 saturated heterocycles. The maximum absolute atomic E-state index is 11.9. The molecule has 1 aliphatic carbocycles. The third kappa shape index (κ3) is 3.19. The topological polar surface area (TPSA) is 35.6 Å². The Labute approximate surface area is 98.0 Å². The van der Waals surface area contributed by atoms with Crippen molar-refractivity contribution in [1.29, 1.82) is 0 Å². The number of likely N-dealkylation sites (N-methyl/N-ethyl adjacent to an activating group) is 1. The minimum absolute atomic E-state index is 0.269. The Morgan fingerprint density at radius 1 is 1.38 bits per heavy atom. The van der Waals surface area contributed by atoms with Gasteiger partial charge < -0.3 is 15.1 Å². The lowest BCUT2D eigenvalue weighted by Gasteiger charge is -2.20. The van der Waals surface area contributed by atoms with Gasteiger partial charge in [0.2, 0.25) is 5.91 Å². The average molecular weight is 225 g/mol. The predicted molar refractivity (Wildman–Crippen MR) is 64.3 cm³/mol. The van der Waals surface area contributed by atoms with E-state index in [9.17, 15) is 4.79 Å². The smallest absolute Gasteiger partial charge is 0.236 e. The second kappa shape index (κ2) is 5.15. The minimum atomic E-state index is 0.269. The molecule has 2 aliphatic rings. The Kier molecular flexibility index (Phi) is 3.82. The van der Waals surface area contributed by atoms with Crippen LogP contribution in [0.25, 0.3) is 0 Å². The van der Waals surface area contributed by atoms with Crippen molar-refractivity contribution in [2.45, 2.75) is 25.3 Å². The van der Waals surface area contributed by atoms with Crippen molar-refractivity contribution in [2.24, 2.45) is 5.92 Å². The van der Waals surface area contributed by atoms with Gasteiger partial charge in [-0.3, -0.25) is 4.79 Å². The number of carbonyl (C=O) groups excluding carboxylic acids is 1. The van der Waals surface area contributed by atoms with E-state index in [-0.39, 0.29) is 5.91 Å². The van der Waals surface area contributed by atoms with E-state index < -0.39 is 0 Å². The number of nitrogens with one attached hydrogen (secondary N) is 1. The van der Waals surface area contributed by atoms with Gasteiger partial charge in [-0.15, -0.1) is 0 Å². The summed E-state index contributed by atoms with van der Waals surface area (Å²) in [5.74, 6) is 1.12. The fourth-order valence-corrected chi connectivity index (χ4v) is 2.21. The SMILES string of the molecule is CN(C)C1CCN(C(=O)CNCC2CC2)C1. The molecule has 0 bridgehead atoms. The molecule has 0 radical (unpaired) electrons. The standard InChI is InChI=1S/C12H23N3O/c1-14(2)11-5-6-15(9-11)12(16)8-13-7-10-3-4-10/h10-11,13H,3-9H2,1-2H3. The van der Waals surface area contributed by atoms with Crippen LogP contribution in [0.15, 0.2) is 0 Å². The zero-order valence-electron chi connectivity index (χ0n) is 10.4. The lowest BCUT2D eigenvalue weighted by atomic mass is 10.2. The van der Waals surface area contributed by atoms with Gasteiger partial charge in [-0.2, -0.15) is 0 Å². The van der Waals surface area contributed by atoms with Crippen LogP contribution in [0.4, 0.5) is 0 Å². The van der Waals surface area contributed by atoms with E-state index in [1.54, 1.807) is 0 Å². The van der Waals surface area contributed by atoms with E-state index in [0.717, 1.165) is 32.0 Å². The first-order chi connectivity index (χ1) is 7.66. The number of hydrogen-bond donors (Lipinski definition) is 1. The van der Waals surface area contributed by atoms with Gasteiger partial charge in [0.25, 0.3) is 0 Å². The first-order valence-electron chi connectivity index (χ1n) is 6.31. The Hall–Kier alpha value is -0.610. The summed E-state index contributed by atoms with van der Waals surface area (Å²) in [6, 6.07) is 0.549. The van der Waals surface area contributed by atoms with Crippen LogP contribution in [0.2, 0.25) is 0 Å². The fraction of sp³-hybridized carbons (Fsp3) is 0.917. The summed E-state index contributed by atoms with van der Waals surface area (Å²) < 4.78 is 0. The largest absolute Gasteiger partial charge is 0.340 e. The molecular weight excluding hydrogens is 202 g/mol. The molecule has 1 saturated carbocycles. The summed E-state index contributed by atoms with van der Waals surface area (Å²) in [5, 5.41) is 3.26. The molecule has 4 nitrogen and oxygen atoms in total. The Bertz CT molecular complexity index is 251. The first-order valence-corrected chi connectivity index (χ1v) is 6.31. The number of likely N-dealkylation sites (tertiary alicyclic amines) is 1. The molecule has 0 aromatic rings. The summed E-state index contributed by atoms with van der Waals surface area (Å²) in [6.45, 7) is 3.37. The molecule has 1 unspecified atom stereocenters. The maximum atomic E-state index is 11.9. The van der Waals surface area contributed by atoms with Crippen LogP contribution in [0.1, 0.15) is 19.3 Å². The van der Waals surface area contributed by atoms with Crippen molar-refractivity contribution in [3.8, 4) is 0 Å². The minimum Gasteiger partial charge on any atom is -0.340 e. The van der Waals surface area contributed by atoms with Crippen molar-refractivity contribution in [3.05, 3.63) is 0 Å². The van der Waals surface area contributed by atoms with Gasteiger partial charge in [0.1, 0.15) is 0 Å². The van der Waals surface area contributed by atoms with Gasteiger partial charge in [-0.05, 0) is 45.8 Å². The monoisotopic (exact) mass is 225 g/mol. The number of carbonyl (C=O) groups is 1. The van der Waals surface area contributed by atoms with Crippen molar-refractivity contribution in [1.82, 2.24) is 15.1 Å². The van der Waals surface area contributed by atoms with Gasteiger partial charge in [0.15, 0.2) is 0 Å². The number of amides is 1. The van der Waals surface area contributed by atoms with Gasteiger partial charge >= 0.3 is 0 Å². The summed E-state index contributed by atoms with van der Waals surface area (Å²) in [6.07, 6.45) is 3.79. The lowest BCUT2D eigenvalue weighted by molar-refractivity contribution is -0.129. The molecular formula is C12H23N3O. The van der Waals surface area contributed by atoms with Crippen LogP contribution in [0.5, 0.6) is 0 Å². The molecule has 92 valence electrons. The molecule has 0 aromatic heterocycles. The summed E-state index contributed by atoms with van der Waals surface area (Å²) >= 11 is 0. The van der Waals surface area contributed by atoms with Crippen molar-refractivity contribution in [2.75, 3.05) is 40.3 Å².